The summed E-state index contributed by atoms with van der Waals surface area (Å²) in [4.78, 5) is 14.5. The van der Waals surface area contributed by atoms with Crippen molar-refractivity contribution in [3.8, 4) is 11.5 Å². The van der Waals surface area contributed by atoms with Crippen LogP contribution in [0.2, 0.25) is 0 Å². The van der Waals surface area contributed by atoms with Gasteiger partial charge in [0.25, 0.3) is 0 Å². The zero-order chi connectivity index (χ0) is 13.2. The highest BCUT2D eigenvalue weighted by molar-refractivity contribution is 5.98. The van der Waals surface area contributed by atoms with Crippen molar-refractivity contribution < 1.29 is 14.3 Å². The van der Waals surface area contributed by atoms with Crippen LogP contribution in [0.3, 0.4) is 0 Å². The fraction of sp³-hybridized carbons (Fsp3) is 0.533. The van der Waals surface area contributed by atoms with Gasteiger partial charge in [0.2, 0.25) is 6.79 Å². The Bertz CT molecular complexity index is 482. The summed E-state index contributed by atoms with van der Waals surface area (Å²) in [6.45, 7) is 4.82. The number of rotatable bonds is 6. The van der Waals surface area contributed by atoms with Gasteiger partial charge in [0.05, 0.1) is 6.54 Å². The molecule has 0 spiro atoms. The van der Waals surface area contributed by atoms with E-state index in [-0.39, 0.29) is 12.6 Å². The second kappa shape index (κ2) is 5.21. The minimum absolute atomic E-state index is 0.154. The first-order chi connectivity index (χ1) is 9.26. The molecule has 1 saturated carbocycles. The molecule has 1 fully saturated rings. The van der Waals surface area contributed by atoms with Gasteiger partial charge < -0.3 is 9.47 Å². The molecule has 1 aromatic rings. The van der Waals surface area contributed by atoms with E-state index in [0.29, 0.717) is 17.9 Å². The van der Waals surface area contributed by atoms with Crippen LogP contribution >= 0.6 is 0 Å². The number of ketones is 1. The summed E-state index contributed by atoms with van der Waals surface area (Å²) in [5.41, 5.74) is 0.707. The molecule has 4 heteroatoms. The Morgan fingerprint density at radius 1 is 1.32 bits per heavy atom. The summed E-state index contributed by atoms with van der Waals surface area (Å²) >= 11 is 0. The predicted molar refractivity (Wildman–Crippen MR) is 71.7 cm³/mol. The predicted octanol–water partition coefficient (Wildman–Crippen LogP) is 2.33. The molecule has 4 nitrogen and oxygen atoms in total. The van der Waals surface area contributed by atoms with Crippen molar-refractivity contribution in [3.63, 3.8) is 0 Å². The van der Waals surface area contributed by atoms with Crippen LogP contribution in [0.15, 0.2) is 18.2 Å². The van der Waals surface area contributed by atoms with E-state index < -0.39 is 0 Å². The molecule has 2 aliphatic rings. The highest BCUT2D eigenvalue weighted by Gasteiger charge is 2.25. The molecule has 0 radical (unpaired) electrons. The highest BCUT2D eigenvalue weighted by atomic mass is 16.7. The first kappa shape index (κ1) is 12.5. The third kappa shape index (κ3) is 2.89. The molecule has 1 aromatic carbocycles. The Morgan fingerprint density at radius 2 is 2.11 bits per heavy atom. The number of ether oxygens (including phenoxy) is 2. The third-order valence-corrected chi connectivity index (χ3v) is 3.72. The summed E-state index contributed by atoms with van der Waals surface area (Å²) in [6.07, 6.45) is 2.63. The maximum absolute atomic E-state index is 12.3. The molecular formula is C15H19NO3. The Hall–Kier alpha value is -1.55. The zero-order valence-electron chi connectivity index (χ0n) is 11.2. The van der Waals surface area contributed by atoms with E-state index in [1.165, 1.54) is 12.8 Å². The normalized spacial score (nSPS) is 16.9. The van der Waals surface area contributed by atoms with Crippen molar-refractivity contribution in [2.24, 2.45) is 5.92 Å². The molecule has 3 rings (SSSR count). The van der Waals surface area contributed by atoms with Gasteiger partial charge in [-0.2, -0.15) is 0 Å². The molecule has 1 aliphatic carbocycles. The third-order valence-electron chi connectivity index (χ3n) is 3.72. The zero-order valence-corrected chi connectivity index (χ0v) is 11.2. The quantitative estimate of drug-likeness (QED) is 0.737. The van der Waals surface area contributed by atoms with Crippen molar-refractivity contribution in [2.45, 2.75) is 19.8 Å². The van der Waals surface area contributed by atoms with Crippen LogP contribution in [0.5, 0.6) is 11.5 Å². The average Bonchev–Trinajstić information content (AvgIpc) is 3.11. The molecule has 0 N–H and O–H groups in total. The van der Waals surface area contributed by atoms with Gasteiger partial charge in [-0.15, -0.1) is 0 Å². The minimum Gasteiger partial charge on any atom is -0.454 e. The van der Waals surface area contributed by atoms with Gasteiger partial charge in [-0.25, -0.2) is 0 Å². The first-order valence-electron chi connectivity index (χ1n) is 6.91. The standard InChI is InChI=1S/C15H19NO3/c1-2-16(8-11-3-4-11)9-13(17)12-5-6-14-15(7-12)19-10-18-14/h5-7,11H,2-4,8-10H2,1H3. The Labute approximate surface area is 113 Å². The second-order valence-corrected chi connectivity index (χ2v) is 5.26. The fourth-order valence-electron chi connectivity index (χ4n) is 2.34. The molecular weight excluding hydrogens is 242 g/mol. The summed E-state index contributed by atoms with van der Waals surface area (Å²) in [6, 6.07) is 5.42. The maximum Gasteiger partial charge on any atom is 0.231 e. The summed E-state index contributed by atoms with van der Waals surface area (Å²) < 4.78 is 10.6. The van der Waals surface area contributed by atoms with Crippen LogP contribution in [-0.4, -0.2) is 37.1 Å². The number of carbonyl (C=O) groups excluding carboxylic acids is 1. The molecule has 0 saturated heterocycles. The van der Waals surface area contributed by atoms with Crippen LogP contribution in [-0.2, 0) is 0 Å². The van der Waals surface area contributed by atoms with E-state index in [1.54, 1.807) is 6.07 Å². The van der Waals surface area contributed by atoms with E-state index in [4.69, 9.17) is 9.47 Å². The number of benzene rings is 1. The number of nitrogens with zero attached hydrogens (tertiary/aromatic N) is 1. The van der Waals surface area contributed by atoms with Gasteiger partial charge in [0, 0.05) is 12.1 Å². The van der Waals surface area contributed by atoms with Crippen molar-refractivity contribution in [3.05, 3.63) is 23.8 Å². The van der Waals surface area contributed by atoms with Crippen molar-refractivity contribution in [1.82, 2.24) is 4.90 Å². The lowest BCUT2D eigenvalue weighted by molar-refractivity contribution is 0.0930. The lowest BCUT2D eigenvalue weighted by atomic mass is 10.1. The largest absolute Gasteiger partial charge is 0.454 e. The molecule has 0 atom stereocenters. The van der Waals surface area contributed by atoms with E-state index in [0.717, 1.165) is 24.8 Å². The SMILES string of the molecule is CCN(CC(=O)c1ccc2c(c1)OCO2)CC1CC1. The Kier molecular flexibility index (Phi) is 3.42. The van der Waals surface area contributed by atoms with Crippen molar-refractivity contribution in [2.75, 3.05) is 26.4 Å². The van der Waals surface area contributed by atoms with Crippen LogP contribution < -0.4 is 9.47 Å². The molecule has 102 valence electrons. The second-order valence-electron chi connectivity index (χ2n) is 5.26. The summed E-state index contributed by atoms with van der Waals surface area (Å²) in [5, 5.41) is 0. The first-order valence-corrected chi connectivity index (χ1v) is 6.91. The lowest BCUT2D eigenvalue weighted by Crippen LogP contribution is -2.31. The van der Waals surface area contributed by atoms with Gasteiger partial charge in [-0.1, -0.05) is 6.92 Å². The van der Waals surface area contributed by atoms with Crippen LogP contribution in [0.4, 0.5) is 0 Å². The molecule has 1 aliphatic heterocycles. The number of carbonyl (C=O) groups is 1. The van der Waals surface area contributed by atoms with Gasteiger partial charge in [-0.3, -0.25) is 9.69 Å². The number of Topliss-reactive ketones (excluding diaryl/α,β-unsaturated/α-hetero) is 1. The van der Waals surface area contributed by atoms with Gasteiger partial charge in [-0.05, 0) is 43.5 Å². The fourth-order valence-corrected chi connectivity index (χ4v) is 2.34. The monoisotopic (exact) mass is 261 g/mol. The van der Waals surface area contributed by atoms with Gasteiger partial charge in [0.1, 0.15) is 0 Å². The molecule has 0 aromatic heterocycles. The summed E-state index contributed by atoms with van der Waals surface area (Å²) in [5.74, 6) is 2.36. The summed E-state index contributed by atoms with van der Waals surface area (Å²) in [7, 11) is 0. The Morgan fingerprint density at radius 3 is 2.84 bits per heavy atom. The number of hydrogen-bond acceptors (Lipinski definition) is 4. The van der Waals surface area contributed by atoms with Gasteiger partial charge >= 0.3 is 0 Å². The van der Waals surface area contributed by atoms with Gasteiger partial charge in [0.15, 0.2) is 17.3 Å². The van der Waals surface area contributed by atoms with E-state index >= 15 is 0 Å². The van der Waals surface area contributed by atoms with Crippen molar-refractivity contribution >= 4 is 5.78 Å². The molecule has 0 unspecified atom stereocenters. The maximum atomic E-state index is 12.3. The number of fused-ring (bicyclic) bond motifs is 1. The van der Waals surface area contributed by atoms with E-state index in [1.807, 2.05) is 12.1 Å². The number of hydrogen-bond donors (Lipinski definition) is 0. The number of likely N-dealkylation sites (N-methyl/N-ethyl adjacent to an activating group) is 1. The highest BCUT2D eigenvalue weighted by Crippen LogP contribution is 2.33. The Balaban J connectivity index is 1.65. The smallest absolute Gasteiger partial charge is 0.231 e. The van der Waals surface area contributed by atoms with Crippen molar-refractivity contribution in [1.29, 1.82) is 0 Å². The van der Waals surface area contributed by atoms with Crippen LogP contribution in [0.25, 0.3) is 0 Å². The molecule has 0 amide bonds. The minimum atomic E-state index is 0.154. The van der Waals surface area contributed by atoms with Crippen LogP contribution in [0, 0.1) is 5.92 Å². The lowest BCUT2D eigenvalue weighted by Gasteiger charge is -2.19. The molecule has 1 heterocycles. The average molecular weight is 261 g/mol. The molecule has 19 heavy (non-hydrogen) atoms. The molecule has 0 bridgehead atoms. The van der Waals surface area contributed by atoms with Crippen LogP contribution in [0.1, 0.15) is 30.1 Å². The van der Waals surface area contributed by atoms with E-state index in [9.17, 15) is 4.79 Å². The topological polar surface area (TPSA) is 38.8 Å². The van der Waals surface area contributed by atoms with E-state index in [2.05, 4.69) is 11.8 Å².